The zero-order valence-corrected chi connectivity index (χ0v) is 15.7. The molecule has 2 heterocycles. The first-order valence-corrected chi connectivity index (χ1v) is 8.66. The number of halogens is 1. The van der Waals surface area contributed by atoms with Crippen LogP contribution < -0.4 is 4.74 Å². The minimum absolute atomic E-state index is 0.142. The summed E-state index contributed by atoms with van der Waals surface area (Å²) in [6.45, 7) is 5.57. The van der Waals surface area contributed by atoms with E-state index in [2.05, 4.69) is 15.0 Å². The average Bonchev–Trinajstić information content (AvgIpc) is 3.06. The summed E-state index contributed by atoms with van der Waals surface area (Å²) in [5, 5.41) is 10.5. The predicted molar refractivity (Wildman–Crippen MR) is 102 cm³/mol. The Hall–Kier alpha value is -3.12. The number of aryl methyl sites for hydroxylation is 3. The molecule has 0 aliphatic rings. The van der Waals surface area contributed by atoms with E-state index in [9.17, 15) is 5.11 Å². The molecular weight excluding hydrogens is 366 g/mol. The summed E-state index contributed by atoms with van der Waals surface area (Å²) in [7, 11) is 0. The van der Waals surface area contributed by atoms with Crippen LogP contribution in [0.3, 0.4) is 0 Å². The summed E-state index contributed by atoms with van der Waals surface area (Å²) >= 11 is 6.12. The van der Waals surface area contributed by atoms with Crippen LogP contribution in [0.5, 0.6) is 17.5 Å². The maximum absolute atomic E-state index is 9.93. The van der Waals surface area contributed by atoms with Gasteiger partial charge in [-0.1, -0.05) is 17.7 Å². The predicted octanol–water partition coefficient (Wildman–Crippen LogP) is 5.36. The molecule has 2 aromatic carbocycles. The van der Waals surface area contributed by atoms with Crippen molar-refractivity contribution in [1.82, 2.24) is 15.0 Å². The highest BCUT2D eigenvalue weighted by Crippen LogP contribution is 2.31. The quantitative estimate of drug-likeness (QED) is 0.514. The van der Waals surface area contributed by atoms with E-state index in [0.29, 0.717) is 27.9 Å². The number of ether oxygens (including phenoxy) is 1. The molecule has 6 nitrogen and oxygen atoms in total. The van der Waals surface area contributed by atoms with Gasteiger partial charge in [-0.2, -0.15) is 4.98 Å². The van der Waals surface area contributed by atoms with Gasteiger partial charge in [0.1, 0.15) is 17.0 Å². The van der Waals surface area contributed by atoms with Crippen LogP contribution in [0.15, 0.2) is 40.9 Å². The molecule has 0 saturated carbocycles. The van der Waals surface area contributed by atoms with Crippen molar-refractivity contribution in [3.05, 3.63) is 58.2 Å². The van der Waals surface area contributed by atoms with Gasteiger partial charge < -0.3 is 14.3 Å². The Labute approximate surface area is 160 Å². The van der Waals surface area contributed by atoms with Crippen molar-refractivity contribution in [2.75, 3.05) is 0 Å². The summed E-state index contributed by atoms with van der Waals surface area (Å²) in [5.74, 6) is 1.21. The van der Waals surface area contributed by atoms with Gasteiger partial charge in [-0.3, -0.25) is 0 Å². The molecule has 0 amide bonds. The number of fused-ring (bicyclic) bond motifs is 1. The van der Waals surface area contributed by atoms with E-state index in [4.69, 9.17) is 20.8 Å². The number of aromatic hydroxyl groups is 1. The van der Waals surface area contributed by atoms with Gasteiger partial charge in [0, 0.05) is 10.6 Å². The number of phenols is 1. The van der Waals surface area contributed by atoms with E-state index in [-0.39, 0.29) is 11.8 Å². The zero-order valence-electron chi connectivity index (χ0n) is 14.9. The van der Waals surface area contributed by atoms with Crippen molar-refractivity contribution in [3.63, 3.8) is 0 Å². The number of aromatic nitrogens is 3. The lowest BCUT2D eigenvalue weighted by Gasteiger charge is -2.05. The summed E-state index contributed by atoms with van der Waals surface area (Å²) < 4.78 is 11.4. The second-order valence-electron chi connectivity index (χ2n) is 6.33. The number of hydrogen-bond donors (Lipinski definition) is 1. The van der Waals surface area contributed by atoms with Crippen LogP contribution in [0, 0.1) is 20.8 Å². The van der Waals surface area contributed by atoms with Gasteiger partial charge in [0.05, 0.1) is 6.20 Å². The molecule has 0 radical (unpaired) electrons. The summed E-state index contributed by atoms with van der Waals surface area (Å²) in [6.07, 6.45) is 1.54. The molecule has 0 spiro atoms. The topological polar surface area (TPSA) is 81.3 Å². The van der Waals surface area contributed by atoms with Crippen molar-refractivity contribution >= 4 is 22.8 Å². The standard InChI is InChI=1S/C20H16ClN3O3/c1-10-4-5-14(8-15(10)21)26-20-22-9-16-19(24-20)27-18(23-16)13-6-11(2)17(25)12(3)7-13/h4-9,25H,1-3H3. The fourth-order valence-electron chi connectivity index (χ4n) is 2.71. The molecule has 27 heavy (non-hydrogen) atoms. The van der Waals surface area contributed by atoms with E-state index in [1.807, 2.05) is 39.0 Å². The van der Waals surface area contributed by atoms with Gasteiger partial charge in [-0.25, -0.2) is 9.97 Å². The maximum atomic E-state index is 9.93. The van der Waals surface area contributed by atoms with E-state index in [1.54, 1.807) is 18.3 Å². The molecule has 0 bridgehead atoms. The van der Waals surface area contributed by atoms with Gasteiger partial charge in [0.25, 0.3) is 5.71 Å². The van der Waals surface area contributed by atoms with Gasteiger partial charge in [-0.15, -0.1) is 0 Å². The monoisotopic (exact) mass is 381 g/mol. The number of phenolic OH excluding ortho intramolecular Hbond substituents is 1. The molecule has 0 unspecified atom stereocenters. The Morgan fingerprint density at radius 1 is 1.00 bits per heavy atom. The average molecular weight is 382 g/mol. The summed E-state index contributed by atoms with van der Waals surface area (Å²) in [6, 6.07) is 9.13. The number of benzene rings is 2. The highest BCUT2D eigenvalue weighted by molar-refractivity contribution is 6.31. The Balaban J connectivity index is 1.68. The number of hydrogen-bond acceptors (Lipinski definition) is 6. The third kappa shape index (κ3) is 3.31. The fraction of sp³-hybridized carbons (Fsp3) is 0.150. The fourth-order valence-corrected chi connectivity index (χ4v) is 2.89. The van der Waals surface area contributed by atoms with Crippen LogP contribution in [0.25, 0.3) is 22.7 Å². The van der Waals surface area contributed by atoms with Gasteiger partial charge in [0.2, 0.25) is 5.89 Å². The third-order valence-corrected chi connectivity index (χ3v) is 4.63. The Morgan fingerprint density at radius 2 is 1.74 bits per heavy atom. The molecule has 4 rings (SSSR count). The first-order valence-electron chi connectivity index (χ1n) is 8.29. The van der Waals surface area contributed by atoms with Gasteiger partial charge in [-0.05, 0) is 61.7 Å². The zero-order chi connectivity index (χ0) is 19.1. The first-order chi connectivity index (χ1) is 12.9. The molecule has 2 aromatic heterocycles. The van der Waals surface area contributed by atoms with Gasteiger partial charge >= 0.3 is 6.01 Å². The number of oxazole rings is 1. The molecule has 0 saturated heterocycles. The number of nitrogens with zero attached hydrogens (tertiary/aromatic N) is 3. The highest BCUT2D eigenvalue weighted by atomic mass is 35.5. The Kier molecular flexibility index (Phi) is 4.20. The molecule has 4 aromatic rings. The first kappa shape index (κ1) is 17.3. The van der Waals surface area contributed by atoms with Crippen molar-refractivity contribution < 1.29 is 14.3 Å². The molecule has 136 valence electrons. The van der Waals surface area contributed by atoms with Gasteiger partial charge in [0.15, 0.2) is 0 Å². The van der Waals surface area contributed by atoms with Crippen LogP contribution in [0.4, 0.5) is 0 Å². The minimum Gasteiger partial charge on any atom is -0.507 e. The molecule has 1 N–H and O–H groups in total. The maximum Gasteiger partial charge on any atom is 0.325 e. The van der Waals surface area contributed by atoms with Crippen LogP contribution in [0.2, 0.25) is 5.02 Å². The molecule has 7 heteroatoms. The largest absolute Gasteiger partial charge is 0.507 e. The molecule has 0 aliphatic heterocycles. The molecule has 0 atom stereocenters. The van der Waals surface area contributed by atoms with Crippen LogP contribution >= 0.6 is 11.6 Å². The molecule has 0 fully saturated rings. The second-order valence-corrected chi connectivity index (χ2v) is 6.74. The van der Waals surface area contributed by atoms with Crippen molar-refractivity contribution in [2.45, 2.75) is 20.8 Å². The number of rotatable bonds is 3. The van der Waals surface area contributed by atoms with Crippen molar-refractivity contribution in [2.24, 2.45) is 0 Å². The molecule has 0 aliphatic carbocycles. The van der Waals surface area contributed by atoms with E-state index in [0.717, 1.165) is 22.3 Å². The second kappa shape index (κ2) is 6.55. The Bertz CT molecular complexity index is 1150. The molecular formula is C20H16ClN3O3. The summed E-state index contributed by atoms with van der Waals surface area (Å²) in [4.78, 5) is 12.9. The normalized spacial score (nSPS) is 11.1. The van der Waals surface area contributed by atoms with Crippen molar-refractivity contribution in [1.29, 1.82) is 0 Å². The lowest BCUT2D eigenvalue weighted by Crippen LogP contribution is -1.91. The van der Waals surface area contributed by atoms with Crippen LogP contribution in [-0.4, -0.2) is 20.1 Å². The van der Waals surface area contributed by atoms with Crippen LogP contribution in [0.1, 0.15) is 16.7 Å². The van der Waals surface area contributed by atoms with E-state index >= 15 is 0 Å². The summed E-state index contributed by atoms with van der Waals surface area (Å²) in [5.41, 5.74) is 4.05. The minimum atomic E-state index is 0.142. The lowest BCUT2D eigenvalue weighted by atomic mass is 10.1. The SMILES string of the molecule is Cc1ccc(Oc2ncc3nc(-c4cc(C)c(O)c(C)c4)oc3n2)cc1Cl. The van der Waals surface area contributed by atoms with Crippen LogP contribution in [-0.2, 0) is 0 Å². The smallest absolute Gasteiger partial charge is 0.325 e. The highest BCUT2D eigenvalue weighted by Gasteiger charge is 2.14. The van der Waals surface area contributed by atoms with Crippen molar-refractivity contribution in [3.8, 4) is 29.0 Å². The lowest BCUT2D eigenvalue weighted by molar-refractivity contribution is 0.440. The Morgan fingerprint density at radius 3 is 2.44 bits per heavy atom. The third-order valence-electron chi connectivity index (χ3n) is 4.22. The van der Waals surface area contributed by atoms with E-state index < -0.39 is 0 Å². The van der Waals surface area contributed by atoms with E-state index in [1.165, 1.54) is 0 Å².